The van der Waals surface area contributed by atoms with Crippen LogP contribution in [0.1, 0.15) is 43.5 Å². The van der Waals surface area contributed by atoms with Gasteiger partial charge in [-0.3, -0.25) is 5.10 Å². The topological polar surface area (TPSA) is 78.5 Å². The van der Waals surface area contributed by atoms with Crippen LogP contribution in [0.5, 0.6) is 0 Å². The van der Waals surface area contributed by atoms with Crippen LogP contribution >= 0.6 is 0 Å². The molecule has 0 aliphatic carbocycles. The number of unbranched alkanes of at least 4 members (excludes halogenated alkanes) is 1. The predicted molar refractivity (Wildman–Crippen MR) is 49.8 cm³/mol. The molecule has 13 heavy (non-hydrogen) atoms. The van der Waals surface area contributed by atoms with Crippen LogP contribution in [-0.2, 0) is 0 Å². The van der Waals surface area contributed by atoms with Crippen LogP contribution in [0.15, 0.2) is 6.20 Å². The molecule has 0 radical (unpaired) electrons. The molecule has 0 saturated heterocycles. The van der Waals surface area contributed by atoms with Crippen LogP contribution < -0.4 is 5.73 Å². The van der Waals surface area contributed by atoms with Crippen LogP contribution in [0, 0.1) is 11.3 Å². The second-order valence-corrected chi connectivity index (χ2v) is 3.06. The van der Waals surface area contributed by atoms with Crippen molar-refractivity contribution in [2.75, 3.05) is 0 Å². The van der Waals surface area contributed by atoms with E-state index in [1.165, 1.54) is 6.20 Å². The van der Waals surface area contributed by atoms with Crippen molar-refractivity contribution in [2.24, 2.45) is 5.73 Å². The monoisotopic (exact) mass is 178 g/mol. The molecule has 0 aliphatic heterocycles. The molecule has 3 N–H and O–H groups in total. The normalized spacial score (nSPS) is 12.4. The number of nitrogens with one attached hydrogen (secondary N) is 1. The van der Waals surface area contributed by atoms with Crippen molar-refractivity contribution < 1.29 is 0 Å². The molecule has 1 rings (SSSR count). The Morgan fingerprint density at radius 1 is 1.77 bits per heavy atom. The van der Waals surface area contributed by atoms with Crippen LogP contribution in [-0.4, -0.2) is 10.2 Å². The van der Waals surface area contributed by atoms with Crippen molar-refractivity contribution in [1.29, 1.82) is 5.26 Å². The van der Waals surface area contributed by atoms with Gasteiger partial charge in [0.15, 0.2) is 0 Å². The van der Waals surface area contributed by atoms with Gasteiger partial charge in [0.1, 0.15) is 6.07 Å². The molecule has 4 heteroatoms. The van der Waals surface area contributed by atoms with Gasteiger partial charge in [0, 0.05) is 6.04 Å². The Hall–Kier alpha value is -1.34. The number of H-pyrrole nitrogens is 1. The largest absolute Gasteiger partial charge is 0.323 e. The zero-order valence-corrected chi connectivity index (χ0v) is 7.75. The first-order valence-corrected chi connectivity index (χ1v) is 4.48. The molecule has 1 heterocycles. The fourth-order valence-electron chi connectivity index (χ4n) is 1.24. The highest BCUT2D eigenvalue weighted by atomic mass is 15.1. The number of nitriles is 1. The van der Waals surface area contributed by atoms with Crippen molar-refractivity contribution in [3.05, 3.63) is 17.5 Å². The highest BCUT2D eigenvalue weighted by Gasteiger charge is 2.11. The molecule has 0 amide bonds. The first-order valence-electron chi connectivity index (χ1n) is 4.48. The van der Waals surface area contributed by atoms with Gasteiger partial charge >= 0.3 is 0 Å². The Kier molecular flexibility index (Phi) is 3.47. The van der Waals surface area contributed by atoms with E-state index in [-0.39, 0.29) is 6.04 Å². The maximum Gasteiger partial charge on any atom is 0.103 e. The van der Waals surface area contributed by atoms with Crippen molar-refractivity contribution in [3.8, 4) is 6.07 Å². The highest BCUT2D eigenvalue weighted by molar-refractivity contribution is 5.32. The number of aromatic amines is 1. The predicted octanol–water partition coefficient (Wildman–Crippen LogP) is 1.47. The minimum atomic E-state index is -0.0860. The van der Waals surface area contributed by atoms with E-state index in [1.807, 2.05) is 0 Å². The smallest absolute Gasteiger partial charge is 0.103 e. The fraction of sp³-hybridized carbons (Fsp3) is 0.556. The third-order valence-electron chi connectivity index (χ3n) is 2.03. The fourth-order valence-corrected chi connectivity index (χ4v) is 1.24. The molecule has 1 atom stereocenters. The summed E-state index contributed by atoms with van der Waals surface area (Å²) < 4.78 is 0. The van der Waals surface area contributed by atoms with Crippen molar-refractivity contribution >= 4 is 0 Å². The van der Waals surface area contributed by atoms with E-state index in [1.54, 1.807) is 0 Å². The van der Waals surface area contributed by atoms with E-state index in [0.717, 1.165) is 25.0 Å². The Balaban J connectivity index is 2.66. The van der Waals surface area contributed by atoms with E-state index in [2.05, 4.69) is 23.2 Å². The standard InChI is InChI=1S/C9H14N4/c1-2-3-4-8(11)9-7(5-10)6-12-13-9/h6,8H,2-4,11H2,1H3,(H,12,13). The first-order chi connectivity index (χ1) is 6.29. The summed E-state index contributed by atoms with van der Waals surface area (Å²) in [4.78, 5) is 0. The van der Waals surface area contributed by atoms with Gasteiger partial charge in [-0.05, 0) is 6.42 Å². The second-order valence-electron chi connectivity index (χ2n) is 3.06. The van der Waals surface area contributed by atoms with Crippen LogP contribution in [0.4, 0.5) is 0 Å². The van der Waals surface area contributed by atoms with Crippen molar-refractivity contribution in [3.63, 3.8) is 0 Å². The van der Waals surface area contributed by atoms with Gasteiger partial charge in [0.25, 0.3) is 0 Å². The summed E-state index contributed by atoms with van der Waals surface area (Å²) >= 11 is 0. The lowest BCUT2D eigenvalue weighted by atomic mass is 10.1. The van der Waals surface area contributed by atoms with Crippen LogP contribution in [0.2, 0.25) is 0 Å². The quantitative estimate of drug-likeness (QED) is 0.732. The van der Waals surface area contributed by atoms with E-state index in [0.29, 0.717) is 5.56 Å². The molecule has 0 saturated carbocycles. The third-order valence-corrected chi connectivity index (χ3v) is 2.03. The lowest BCUT2D eigenvalue weighted by Gasteiger charge is -2.08. The SMILES string of the molecule is CCCCC(N)c1[nH]ncc1C#N. The van der Waals surface area contributed by atoms with Gasteiger partial charge in [-0.15, -0.1) is 0 Å². The van der Waals surface area contributed by atoms with Crippen molar-refractivity contribution in [2.45, 2.75) is 32.2 Å². The Labute approximate surface area is 77.8 Å². The molecule has 1 unspecified atom stereocenters. The number of rotatable bonds is 4. The molecule has 0 aliphatic rings. The summed E-state index contributed by atoms with van der Waals surface area (Å²) in [6.45, 7) is 2.12. The zero-order valence-electron chi connectivity index (χ0n) is 7.75. The van der Waals surface area contributed by atoms with Gasteiger partial charge in [0.05, 0.1) is 17.5 Å². The van der Waals surface area contributed by atoms with Crippen LogP contribution in [0.25, 0.3) is 0 Å². The van der Waals surface area contributed by atoms with Crippen LogP contribution in [0.3, 0.4) is 0 Å². The summed E-state index contributed by atoms with van der Waals surface area (Å²) in [5, 5.41) is 15.3. The first kappa shape index (κ1) is 9.75. The lowest BCUT2D eigenvalue weighted by Crippen LogP contribution is -2.11. The van der Waals surface area contributed by atoms with Crippen molar-refractivity contribution in [1.82, 2.24) is 10.2 Å². The molecule has 0 fully saturated rings. The lowest BCUT2D eigenvalue weighted by molar-refractivity contribution is 0.588. The van der Waals surface area contributed by atoms with Gasteiger partial charge in [-0.1, -0.05) is 19.8 Å². The third kappa shape index (κ3) is 2.30. The summed E-state index contributed by atoms with van der Waals surface area (Å²) in [7, 11) is 0. The molecule has 0 bridgehead atoms. The average molecular weight is 178 g/mol. The minimum Gasteiger partial charge on any atom is -0.323 e. The molecular weight excluding hydrogens is 164 g/mol. The highest BCUT2D eigenvalue weighted by Crippen LogP contribution is 2.17. The Morgan fingerprint density at radius 2 is 2.54 bits per heavy atom. The Bertz CT molecular complexity index is 297. The minimum absolute atomic E-state index is 0.0860. The number of nitrogens with zero attached hydrogens (tertiary/aromatic N) is 2. The maximum atomic E-state index is 8.72. The summed E-state index contributed by atoms with van der Waals surface area (Å²) in [6.07, 6.45) is 4.60. The Morgan fingerprint density at radius 3 is 3.15 bits per heavy atom. The molecule has 4 nitrogen and oxygen atoms in total. The molecule has 1 aromatic heterocycles. The van der Waals surface area contributed by atoms with E-state index < -0.39 is 0 Å². The second kappa shape index (κ2) is 4.63. The molecule has 1 aromatic rings. The average Bonchev–Trinajstić information content (AvgIpc) is 2.61. The van der Waals surface area contributed by atoms with Gasteiger partial charge in [-0.25, -0.2) is 0 Å². The van der Waals surface area contributed by atoms with E-state index in [4.69, 9.17) is 11.0 Å². The summed E-state index contributed by atoms with van der Waals surface area (Å²) in [5.74, 6) is 0. The van der Waals surface area contributed by atoms with E-state index >= 15 is 0 Å². The molecule has 0 aromatic carbocycles. The number of nitrogens with two attached hydrogens (primary N) is 1. The van der Waals surface area contributed by atoms with E-state index in [9.17, 15) is 0 Å². The van der Waals surface area contributed by atoms with Gasteiger partial charge in [0.2, 0.25) is 0 Å². The summed E-state index contributed by atoms with van der Waals surface area (Å²) in [6, 6.07) is 1.97. The zero-order chi connectivity index (χ0) is 9.68. The number of hydrogen-bond donors (Lipinski definition) is 2. The molecular formula is C9H14N4. The molecule has 70 valence electrons. The summed E-state index contributed by atoms with van der Waals surface area (Å²) in [5.41, 5.74) is 7.20. The van der Waals surface area contributed by atoms with Gasteiger partial charge < -0.3 is 5.73 Å². The number of hydrogen-bond acceptors (Lipinski definition) is 3. The molecule has 0 spiro atoms. The maximum absolute atomic E-state index is 8.72. The van der Waals surface area contributed by atoms with Gasteiger partial charge in [-0.2, -0.15) is 10.4 Å². The number of aromatic nitrogens is 2.